The normalized spacial score (nSPS) is 12.7. The van der Waals surface area contributed by atoms with E-state index in [-0.39, 0.29) is 5.41 Å². The minimum absolute atomic E-state index is 0.206. The molecule has 67 heavy (non-hydrogen) atoms. The molecule has 318 valence electrons. The first-order chi connectivity index (χ1) is 33.0. The Morgan fingerprint density at radius 2 is 0.896 bits per heavy atom. The van der Waals surface area contributed by atoms with Crippen molar-refractivity contribution in [2.75, 3.05) is 4.90 Å². The molecular weight excluding hydrogens is 809 g/mol. The van der Waals surface area contributed by atoms with Crippen LogP contribution in [-0.4, -0.2) is 4.57 Å². The summed E-state index contributed by atoms with van der Waals surface area (Å²) in [5.74, 6) is 0. The number of hydrogen-bond donors (Lipinski definition) is 0. The molecule has 0 N–H and O–H groups in total. The van der Waals surface area contributed by atoms with E-state index in [9.17, 15) is 0 Å². The average molecular weight is 857 g/mol. The maximum atomic E-state index is 2.48. The summed E-state index contributed by atoms with van der Waals surface area (Å²) in [4.78, 5) is 2.29. The molecule has 0 aliphatic heterocycles. The number of fused-ring (bicyclic) bond motifs is 5. The van der Waals surface area contributed by atoms with Crippen LogP contribution in [0.3, 0.4) is 0 Å². The van der Waals surface area contributed by atoms with E-state index in [0.717, 1.165) is 28.3 Å². The second-order valence-corrected chi connectivity index (χ2v) is 18.2. The highest BCUT2D eigenvalue weighted by Crippen LogP contribution is 2.53. The van der Waals surface area contributed by atoms with Gasteiger partial charge in [0.25, 0.3) is 0 Å². The molecule has 1 aliphatic carbocycles. The number of rotatable bonds is 9. The van der Waals surface area contributed by atoms with Crippen LogP contribution in [0.5, 0.6) is 0 Å². The zero-order valence-electron chi connectivity index (χ0n) is 37.6. The van der Waals surface area contributed by atoms with Gasteiger partial charge >= 0.3 is 0 Å². The molecule has 0 radical (unpaired) electrons. The minimum Gasteiger partial charge on any atom is -0.311 e. The standard InChI is InChI=1S/C65H48N2/c1-65(2)60-42-52(51-35-34-49-40-46(30-33-50(49)41-51)29-28-45-31-37-56(38-32-45)66(53-22-12-5-13-23-53)54-24-14-6-15-25-54)36-39-57(60)58-43-59-62(44-61(58)65)67(55-26-16-7-17-27-55)64(48-20-10-4-11-21-48)63(59)47-18-8-3-9-19-47/h3-44H,1-2H3/b29-28+. The van der Waals surface area contributed by atoms with Crippen LogP contribution in [0.1, 0.15) is 36.1 Å². The molecule has 0 saturated carbocycles. The first kappa shape index (κ1) is 40.1. The number of benzene rings is 10. The molecule has 0 saturated heterocycles. The van der Waals surface area contributed by atoms with Crippen molar-refractivity contribution in [3.8, 4) is 50.3 Å². The topological polar surface area (TPSA) is 8.17 Å². The van der Waals surface area contributed by atoms with E-state index in [1.807, 2.05) is 0 Å². The van der Waals surface area contributed by atoms with Gasteiger partial charge in [-0.05, 0) is 145 Å². The summed E-state index contributed by atoms with van der Waals surface area (Å²) in [7, 11) is 0. The molecule has 11 aromatic rings. The van der Waals surface area contributed by atoms with Gasteiger partial charge in [-0.2, -0.15) is 0 Å². The molecule has 0 atom stereocenters. The van der Waals surface area contributed by atoms with Gasteiger partial charge in [-0.3, -0.25) is 0 Å². The summed E-state index contributed by atoms with van der Waals surface area (Å²) in [6.45, 7) is 4.79. The van der Waals surface area contributed by atoms with Crippen molar-refractivity contribution >= 4 is 50.9 Å². The number of para-hydroxylation sites is 3. The Morgan fingerprint density at radius 1 is 0.388 bits per heavy atom. The van der Waals surface area contributed by atoms with Gasteiger partial charge in [0, 0.05) is 39.1 Å². The molecule has 0 unspecified atom stereocenters. The van der Waals surface area contributed by atoms with E-state index in [2.05, 4.69) is 278 Å². The highest BCUT2D eigenvalue weighted by molar-refractivity contribution is 6.08. The maximum absolute atomic E-state index is 2.48. The number of hydrogen-bond acceptors (Lipinski definition) is 1. The Bertz CT molecular complexity index is 3570. The van der Waals surface area contributed by atoms with Gasteiger partial charge in [-0.25, -0.2) is 0 Å². The summed E-state index contributed by atoms with van der Waals surface area (Å²) in [5.41, 5.74) is 20.6. The molecule has 1 aliphatic rings. The second kappa shape index (κ2) is 16.5. The monoisotopic (exact) mass is 856 g/mol. The van der Waals surface area contributed by atoms with E-state index in [1.54, 1.807) is 0 Å². The number of nitrogens with zero attached hydrogens (tertiary/aromatic N) is 2. The molecule has 0 fully saturated rings. The van der Waals surface area contributed by atoms with Crippen LogP contribution in [0.4, 0.5) is 17.1 Å². The van der Waals surface area contributed by atoms with E-state index in [0.29, 0.717) is 0 Å². The van der Waals surface area contributed by atoms with Gasteiger partial charge in [0.05, 0.1) is 11.2 Å². The summed E-state index contributed by atoms with van der Waals surface area (Å²) in [6.07, 6.45) is 4.42. The largest absolute Gasteiger partial charge is 0.311 e. The molecule has 0 spiro atoms. The lowest BCUT2D eigenvalue weighted by atomic mass is 9.81. The van der Waals surface area contributed by atoms with Crippen LogP contribution >= 0.6 is 0 Å². The van der Waals surface area contributed by atoms with Crippen LogP contribution < -0.4 is 4.90 Å². The quantitative estimate of drug-likeness (QED) is 0.131. The van der Waals surface area contributed by atoms with E-state index < -0.39 is 0 Å². The molecule has 12 rings (SSSR count). The summed E-state index contributed by atoms with van der Waals surface area (Å²) in [5, 5.41) is 3.72. The fourth-order valence-electron chi connectivity index (χ4n) is 10.4. The van der Waals surface area contributed by atoms with Gasteiger partial charge in [0.15, 0.2) is 0 Å². The molecule has 2 nitrogen and oxygen atoms in total. The van der Waals surface area contributed by atoms with Gasteiger partial charge in [0.1, 0.15) is 0 Å². The van der Waals surface area contributed by atoms with Crippen LogP contribution in [0.15, 0.2) is 243 Å². The van der Waals surface area contributed by atoms with Gasteiger partial charge in [0.2, 0.25) is 0 Å². The lowest BCUT2D eigenvalue weighted by Gasteiger charge is -2.25. The lowest BCUT2D eigenvalue weighted by Crippen LogP contribution is -2.15. The SMILES string of the molecule is CC1(C)c2cc(-c3ccc4cc(/C=C/c5ccc(N(c6ccccc6)c6ccccc6)cc5)ccc4c3)ccc2-c2cc3c(-c4ccccc4)c(-c4ccccc4)n(-c4ccccc4)c3cc21. The van der Waals surface area contributed by atoms with E-state index >= 15 is 0 Å². The summed E-state index contributed by atoms with van der Waals surface area (Å²) in [6, 6.07) is 88.3. The highest BCUT2D eigenvalue weighted by atomic mass is 15.1. The third-order valence-corrected chi connectivity index (χ3v) is 13.7. The van der Waals surface area contributed by atoms with Gasteiger partial charge in [-0.1, -0.05) is 190 Å². The predicted octanol–water partition coefficient (Wildman–Crippen LogP) is 17.7. The van der Waals surface area contributed by atoms with Crippen molar-refractivity contribution in [3.05, 3.63) is 265 Å². The van der Waals surface area contributed by atoms with Crippen LogP contribution in [0.25, 0.3) is 84.2 Å². The molecule has 0 bridgehead atoms. The molecule has 10 aromatic carbocycles. The second-order valence-electron chi connectivity index (χ2n) is 18.2. The number of anilines is 3. The Hall–Kier alpha value is -8.46. The Morgan fingerprint density at radius 3 is 1.57 bits per heavy atom. The first-order valence-corrected chi connectivity index (χ1v) is 23.2. The van der Waals surface area contributed by atoms with Gasteiger partial charge in [-0.15, -0.1) is 0 Å². The minimum atomic E-state index is -0.206. The summed E-state index contributed by atoms with van der Waals surface area (Å²) < 4.78 is 2.48. The zero-order chi connectivity index (χ0) is 44.9. The van der Waals surface area contributed by atoms with Crippen molar-refractivity contribution < 1.29 is 0 Å². The molecule has 2 heteroatoms. The smallest absolute Gasteiger partial charge is 0.0619 e. The number of aromatic nitrogens is 1. The fraction of sp³-hybridized carbons (Fsp3) is 0.0462. The zero-order valence-corrected chi connectivity index (χ0v) is 37.6. The van der Waals surface area contributed by atoms with Crippen molar-refractivity contribution in [2.24, 2.45) is 0 Å². The van der Waals surface area contributed by atoms with Crippen molar-refractivity contribution in [1.82, 2.24) is 4.57 Å². The van der Waals surface area contributed by atoms with E-state index in [4.69, 9.17) is 0 Å². The highest BCUT2D eigenvalue weighted by Gasteiger charge is 2.37. The lowest BCUT2D eigenvalue weighted by molar-refractivity contribution is 0.661. The third kappa shape index (κ3) is 7.15. The first-order valence-electron chi connectivity index (χ1n) is 23.2. The molecule has 0 amide bonds. The van der Waals surface area contributed by atoms with Crippen molar-refractivity contribution in [3.63, 3.8) is 0 Å². The summed E-state index contributed by atoms with van der Waals surface area (Å²) >= 11 is 0. The van der Waals surface area contributed by atoms with Crippen molar-refractivity contribution in [1.29, 1.82) is 0 Å². The van der Waals surface area contributed by atoms with Crippen LogP contribution in [-0.2, 0) is 5.41 Å². The molecule has 1 aromatic heterocycles. The van der Waals surface area contributed by atoms with E-state index in [1.165, 1.54) is 83.0 Å². The van der Waals surface area contributed by atoms with Crippen LogP contribution in [0.2, 0.25) is 0 Å². The Kier molecular flexibility index (Phi) is 9.88. The van der Waals surface area contributed by atoms with Crippen LogP contribution in [0, 0.1) is 0 Å². The Balaban J connectivity index is 0.866. The maximum Gasteiger partial charge on any atom is 0.0619 e. The molecule has 1 heterocycles. The average Bonchev–Trinajstić information content (AvgIpc) is 3.84. The molecular formula is C65H48N2. The fourth-order valence-corrected chi connectivity index (χ4v) is 10.4. The van der Waals surface area contributed by atoms with Crippen molar-refractivity contribution in [2.45, 2.75) is 19.3 Å². The van der Waals surface area contributed by atoms with Gasteiger partial charge < -0.3 is 9.47 Å². The Labute approximate surface area is 393 Å². The third-order valence-electron chi connectivity index (χ3n) is 13.7. The predicted molar refractivity (Wildman–Crippen MR) is 285 cm³/mol.